The smallest absolute Gasteiger partial charge is 0.337 e. The molecule has 0 unspecified atom stereocenters. The van der Waals surface area contributed by atoms with Gasteiger partial charge in [-0.1, -0.05) is 18.2 Å². The van der Waals surface area contributed by atoms with Crippen LogP contribution in [-0.2, 0) is 0 Å². The number of hydrogen-bond donors (Lipinski definition) is 0. The third kappa shape index (κ3) is 3.63. The van der Waals surface area contributed by atoms with Crippen LogP contribution in [0.3, 0.4) is 0 Å². The van der Waals surface area contributed by atoms with Crippen LogP contribution in [0.1, 0.15) is 0 Å². The summed E-state index contributed by atoms with van der Waals surface area (Å²) in [6, 6.07) is 19.5. The van der Waals surface area contributed by atoms with Crippen molar-refractivity contribution in [1.29, 1.82) is 0 Å². The molecule has 0 saturated carbocycles. The Hall–Kier alpha value is -4.20. The summed E-state index contributed by atoms with van der Waals surface area (Å²) in [4.78, 5) is 22.9. The monoisotopic (exact) mass is 391 g/mol. The first kappa shape index (κ1) is 18.2. The molecule has 0 radical (unpaired) electrons. The maximum atomic E-state index is 13.6. The average molecular weight is 391 g/mol. The number of halogens is 1. The Labute approximate surface area is 164 Å². The molecular weight excluding hydrogens is 377 g/mol. The second kappa shape index (κ2) is 7.43. The van der Waals surface area contributed by atoms with E-state index >= 15 is 0 Å². The Balaban J connectivity index is 1.63. The third-order valence-corrected chi connectivity index (χ3v) is 4.28. The van der Waals surface area contributed by atoms with Crippen molar-refractivity contribution in [2.75, 3.05) is 0 Å². The summed E-state index contributed by atoms with van der Waals surface area (Å²) in [5.41, 5.74) is -0.344. The van der Waals surface area contributed by atoms with Gasteiger partial charge in [0.1, 0.15) is 11.5 Å². The van der Waals surface area contributed by atoms with Gasteiger partial charge in [0.05, 0.1) is 16.3 Å². The fraction of sp³-hybridized carbons (Fsp3) is 0. The SMILES string of the molecule is O=c1n(-c2ccc(Oc3ccccc3)cc2)ccn1-c1ccc(F)c([N+](=O)[O-])c1. The molecule has 0 bridgehead atoms. The lowest BCUT2D eigenvalue weighted by molar-refractivity contribution is -0.387. The van der Waals surface area contributed by atoms with E-state index in [1.54, 1.807) is 24.3 Å². The number of rotatable bonds is 5. The van der Waals surface area contributed by atoms with Crippen LogP contribution in [0.25, 0.3) is 11.4 Å². The molecule has 1 heterocycles. The largest absolute Gasteiger partial charge is 0.457 e. The number of nitro groups is 1. The van der Waals surface area contributed by atoms with Crippen LogP contribution in [0, 0.1) is 15.9 Å². The molecular formula is C21H14FN3O4. The van der Waals surface area contributed by atoms with Crippen molar-refractivity contribution in [2.45, 2.75) is 0 Å². The van der Waals surface area contributed by atoms with Crippen LogP contribution in [0.5, 0.6) is 11.5 Å². The number of nitrogens with zero attached hydrogens (tertiary/aromatic N) is 3. The number of imidazole rings is 1. The van der Waals surface area contributed by atoms with Crippen LogP contribution in [-0.4, -0.2) is 14.1 Å². The van der Waals surface area contributed by atoms with Crippen LogP contribution in [0.2, 0.25) is 0 Å². The molecule has 0 amide bonds. The Morgan fingerprint density at radius 2 is 1.41 bits per heavy atom. The van der Waals surface area contributed by atoms with Crippen molar-refractivity contribution in [3.05, 3.63) is 112 Å². The zero-order valence-electron chi connectivity index (χ0n) is 14.9. The summed E-state index contributed by atoms with van der Waals surface area (Å²) in [5.74, 6) is 0.350. The highest BCUT2D eigenvalue weighted by molar-refractivity contribution is 5.45. The highest BCUT2D eigenvalue weighted by atomic mass is 19.1. The summed E-state index contributed by atoms with van der Waals surface area (Å²) in [6.07, 6.45) is 3.00. The third-order valence-electron chi connectivity index (χ3n) is 4.28. The number of hydrogen-bond acceptors (Lipinski definition) is 4. The van der Waals surface area contributed by atoms with Gasteiger partial charge in [0.2, 0.25) is 5.82 Å². The second-order valence-corrected chi connectivity index (χ2v) is 6.12. The predicted molar refractivity (Wildman–Crippen MR) is 104 cm³/mol. The van der Waals surface area contributed by atoms with Gasteiger partial charge in [0.25, 0.3) is 0 Å². The fourth-order valence-electron chi connectivity index (χ4n) is 2.86. The van der Waals surface area contributed by atoms with E-state index in [9.17, 15) is 19.3 Å². The van der Waals surface area contributed by atoms with Crippen LogP contribution in [0.4, 0.5) is 10.1 Å². The molecule has 0 aliphatic carbocycles. The highest BCUT2D eigenvalue weighted by Gasteiger charge is 2.16. The zero-order valence-corrected chi connectivity index (χ0v) is 14.9. The van der Waals surface area contributed by atoms with E-state index in [2.05, 4.69) is 0 Å². The molecule has 3 aromatic carbocycles. The van der Waals surface area contributed by atoms with Crippen molar-refractivity contribution in [2.24, 2.45) is 0 Å². The molecule has 0 spiro atoms. The summed E-state index contributed by atoms with van der Waals surface area (Å²) in [7, 11) is 0. The molecule has 8 heteroatoms. The first-order chi connectivity index (χ1) is 14.0. The lowest BCUT2D eigenvalue weighted by atomic mass is 10.2. The normalized spacial score (nSPS) is 10.7. The Morgan fingerprint density at radius 3 is 2.07 bits per heavy atom. The topological polar surface area (TPSA) is 79.3 Å². The van der Waals surface area contributed by atoms with Gasteiger partial charge in [0, 0.05) is 18.5 Å². The standard InChI is InChI=1S/C21H14FN3O4/c22-19-11-8-16(14-20(19)25(27)28)24-13-12-23(21(24)26)15-6-9-18(10-7-15)29-17-4-2-1-3-5-17/h1-14H. The molecule has 0 N–H and O–H groups in total. The molecule has 0 aliphatic heterocycles. The molecule has 0 aliphatic rings. The molecule has 0 fully saturated rings. The van der Waals surface area contributed by atoms with E-state index < -0.39 is 22.1 Å². The highest BCUT2D eigenvalue weighted by Crippen LogP contribution is 2.23. The van der Waals surface area contributed by atoms with Crippen LogP contribution >= 0.6 is 0 Å². The molecule has 0 atom stereocenters. The van der Waals surface area contributed by atoms with Crippen LogP contribution < -0.4 is 10.4 Å². The number of para-hydroxylation sites is 1. The molecule has 1 aromatic heterocycles. The second-order valence-electron chi connectivity index (χ2n) is 6.12. The molecule has 7 nitrogen and oxygen atoms in total. The van der Waals surface area contributed by atoms with Gasteiger partial charge in [-0.05, 0) is 48.5 Å². The van der Waals surface area contributed by atoms with Crippen molar-refractivity contribution in [1.82, 2.24) is 9.13 Å². The van der Waals surface area contributed by atoms with Gasteiger partial charge in [-0.25, -0.2) is 4.79 Å². The minimum Gasteiger partial charge on any atom is -0.457 e. The number of nitro benzene ring substituents is 1. The minimum absolute atomic E-state index is 0.200. The lowest BCUT2D eigenvalue weighted by Gasteiger charge is -2.07. The van der Waals surface area contributed by atoms with E-state index in [4.69, 9.17) is 4.74 Å². The number of ether oxygens (including phenoxy) is 1. The van der Waals surface area contributed by atoms with E-state index in [0.717, 1.165) is 12.1 Å². The van der Waals surface area contributed by atoms with Gasteiger partial charge >= 0.3 is 11.4 Å². The molecule has 4 rings (SSSR count). The molecule has 29 heavy (non-hydrogen) atoms. The first-order valence-electron chi connectivity index (χ1n) is 8.60. The van der Waals surface area contributed by atoms with Crippen molar-refractivity contribution >= 4 is 5.69 Å². The van der Waals surface area contributed by atoms with Gasteiger partial charge in [-0.2, -0.15) is 4.39 Å². The van der Waals surface area contributed by atoms with Gasteiger partial charge in [0.15, 0.2) is 0 Å². The van der Waals surface area contributed by atoms with Crippen molar-refractivity contribution in [3.8, 4) is 22.9 Å². The summed E-state index contributed by atoms with van der Waals surface area (Å²) < 4.78 is 21.9. The molecule has 144 valence electrons. The van der Waals surface area contributed by atoms with Crippen molar-refractivity contribution in [3.63, 3.8) is 0 Å². The van der Waals surface area contributed by atoms with E-state index in [1.165, 1.54) is 27.6 Å². The number of aromatic nitrogens is 2. The average Bonchev–Trinajstić information content (AvgIpc) is 3.11. The summed E-state index contributed by atoms with van der Waals surface area (Å²) in [5, 5.41) is 10.9. The lowest BCUT2D eigenvalue weighted by Crippen LogP contribution is -2.21. The van der Waals surface area contributed by atoms with E-state index in [1.807, 2.05) is 30.3 Å². The van der Waals surface area contributed by atoms with E-state index in [-0.39, 0.29) is 5.69 Å². The predicted octanol–water partition coefficient (Wildman–Crippen LogP) is 4.47. The Kier molecular flexibility index (Phi) is 4.66. The Morgan fingerprint density at radius 1 is 0.828 bits per heavy atom. The summed E-state index contributed by atoms with van der Waals surface area (Å²) in [6.45, 7) is 0. The van der Waals surface area contributed by atoms with Crippen LogP contribution in [0.15, 0.2) is 90.0 Å². The van der Waals surface area contributed by atoms with Crippen molar-refractivity contribution < 1.29 is 14.1 Å². The van der Waals surface area contributed by atoms with E-state index in [0.29, 0.717) is 17.2 Å². The first-order valence-corrected chi connectivity index (χ1v) is 8.60. The molecule has 0 saturated heterocycles. The van der Waals surface area contributed by atoms with Gasteiger partial charge < -0.3 is 4.74 Å². The molecule has 4 aromatic rings. The summed E-state index contributed by atoms with van der Waals surface area (Å²) >= 11 is 0. The number of benzene rings is 3. The minimum atomic E-state index is -0.958. The fourth-order valence-corrected chi connectivity index (χ4v) is 2.86. The quantitative estimate of drug-likeness (QED) is 0.371. The van der Waals surface area contributed by atoms with Gasteiger partial charge in [-0.15, -0.1) is 0 Å². The maximum Gasteiger partial charge on any atom is 0.337 e. The maximum absolute atomic E-state index is 13.6. The Bertz CT molecular complexity index is 1230. The van der Waals surface area contributed by atoms with Gasteiger partial charge in [-0.3, -0.25) is 19.2 Å². The zero-order chi connectivity index (χ0) is 20.4.